The first-order valence-electron chi connectivity index (χ1n) is 11.9. The second-order valence-electron chi connectivity index (χ2n) is 8.29. The van der Waals surface area contributed by atoms with E-state index in [1.807, 2.05) is 0 Å². The van der Waals surface area contributed by atoms with E-state index in [2.05, 4.69) is 14.3 Å². The van der Waals surface area contributed by atoms with Crippen LogP contribution < -0.4 is 26.3 Å². The Morgan fingerprint density at radius 3 is 1.60 bits per heavy atom. The number of nitrogens with two attached hydrogens (primary N) is 2. The molecule has 11 nitrogen and oxygen atoms in total. The molecule has 0 spiro atoms. The van der Waals surface area contributed by atoms with E-state index in [-0.39, 0.29) is 48.8 Å². The van der Waals surface area contributed by atoms with Gasteiger partial charge >= 0.3 is 0 Å². The molecule has 0 saturated heterocycles. The smallest absolute Gasteiger partial charge is 0.243 e. The normalized spacial score (nSPS) is 12.3. The van der Waals surface area contributed by atoms with Gasteiger partial charge in [0.15, 0.2) is 0 Å². The van der Waals surface area contributed by atoms with Crippen LogP contribution >= 0.6 is 23.6 Å². The van der Waals surface area contributed by atoms with Crippen LogP contribution in [0.4, 0.5) is 5.69 Å². The number of anilines is 1. The number of ether oxygens (including phenoxy) is 2. The largest absolute Gasteiger partial charge is 0.492 e. The van der Waals surface area contributed by atoms with Gasteiger partial charge in [-0.15, -0.1) is 0 Å². The molecule has 0 aliphatic rings. The molecule has 40 heavy (non-hydrogen) atoms. The molecule has 0 heterocycles. The van der Waals surface area contributed by atoms with Crippen molar-refractivity contribution in [3.63, 3.8) is 0 Å². The first-order chi connectivity index (χ1) is 19.1. The fourth-order valence-electron chi connectivity index (χ4n) is 3.49. The van der Waals surface area contributed by atoms with E-state index in [4.69, 9.17) is 44.5 Å². The van der Waals surface area contributed by atoms with E-state index in [1.54, 1.807) is 48.5 Å². The molecule has 0 atom stereocenters. The zero-order valence-corrected chi connectivity index (χ0v) is 23.8. The quantitative estimate of drug-likeness (QED) is 0.198. The zero-order valence-electron chi connectivity index (χ0n) is 21.5. The highest BCUT2D eigenvalue weighted by Crippen LogP contribution is 2.20. The lowest BCUT2D eigenvalue weighted by Crippen LogP contribution is -2.37. The first kappa shape index (κ1) is 30.7. The summed E-state index contributed by atoms with van der Waals surface area (Å²) in [6.07, 6.45) is 0. The molecule has 3 aromatic rings. The number of amides is 1. The monoisotopic (exact) mass is 606 g/mol. The molecule has 0 aliphatic carbocycles. The summed E-state index contributed by atoms with van der Waals surface area (Å²) in [6, 6.07) is 19.4. The zero-order chi connectivity index (χ0) is 29.1. The lowest BCUT2D eigenvalue weighted by molar-refractivity contribution is -0.114. The van der Waals surface area contributed by atoms with Gasteiger partial charge in [0.2, 0.25) is 15.9 Å². The Morgan fingerprint density at radius 1 is 0.800 bits per heavy atom. The Balaban J connectivity index is 1.71. The maximum Gasteiger partial charge on any atom is 0.243 e. The third-order valence-corrected chi connectivity index (χ3v) is 7.79. The molecule has 0 saturated carbocycles. The van der Waals surface area contributed by atoms with Crippen LogP contribution in [0.25, 0.3) is 0 Å². The fraction of sp³-hybridized carbons (Fsp3) is 0.192. The molecule has 0 fully saturated rings. The van der Waals surface area contributed by atoms with Crippen LogP contribution in [-0.2, 0) is 14.8 Å². The van der Waals surface area contributed by atoms with E-state index in [0.29, 0.717) is 28.3 Å². The number of benzene rings is 3. The standard InChI is InChI=1S/C26H28Cl2N6O5S/c1-18(35)31-21-6-12-24(13-7-21)40(36,37)34(14-16-38-22-8-2-19(3-9-22)25(29)32-27)15-17-39-23-10-4-20(5-11-23)26(30)33-28/h2-13H,14-17H2,1H3,(H2,29,32)(H2,30,33)(H,31,35). The van der Waals surface area contributed by atoms with Crippen LogP contribution in [0.15, 0.2) is 86.7 Å². The van der Waals surface area contributed by atoms with Crippen LogP contribution in [0.5, 0.6) is 11.5 Å². The molecule has 212 valence electrons. The van der Waals surface area contributed by atoms with Gasteiger partial charge in [-0.1, -0.05) is 0 Å². The van der Waals surface area contributed by atoms with E-state index in [0.717, 1.165) is 0 Å². The van der Waals surface area contributed by atoms with Crippen LogP contribution in [0, 0.1) is 0 Å². The lowest BCUT2D eigenvalue weighted by Gasteiger charge is -2.23. The van der Waals surface area contributed by atoms with Gasteiger partial charge in [0, 0.05) is 60.4 Å². The molecule has 0 bridgehead atoms. The predicted molar refractivity (Wildman–Crippen MR) is 157 cm³/mol. The van der Waals surface area contributed by atoms with Crippen molar-refractivity contribution in [3.05, 3.63) is 83.9 Å². The van der Waals surface area contributed by atoms with E-state index < -0.39 is 10.0 Å². The lowest BCUT2D eigenvalue weighted by atomic mass is 10.2. The minimum absolute atomic E-state index is 0.0355. The van der Waals surface area contributed by atoms with Crippen molar-refractivity contribution in [1.82, 2.24) is 4.31 Å². The second kappa shape index (κ2) is 14.5. The summed E-state index contributed by atoms with van der Waals surface area (Å²) in [6.45, 7) is 1.57. The molecule has 3 aromatic carbocycles. The Labute approximate surface area is 242 Å². The highest BCUT2D eigenvalue weighted by atomic mass is 35.5. The summed E-state index contributed by atoms with van der Waals surface area (Å²) >= 11 is 10.8. The Hall–Kier alpha value is -3.84. The van der Waals surface area contributed by atoms with Crippen LogP contribution in [0.3, 0.4) is 0 Å². The maximum absolute atomic E-state index is 13.5. The van der Waals surface area contributed by atoms with Crippen molar-refractivity contribution in [1.29, 1.82) is 0 Å². The number of sulfonamides is 1. The van der Waals surface area contributed by atoms with Crippen LogP contribution in [0.2, 0.25) is 0 Å². The summed E-state index contributed by atoms with van der Waals surface area (Å²) in [5.41, 5.74) is 13.1. The van der Waals surface area contributed by atoms with Crippen molar-refractivity contribution in [2.75, 3.05) is 31.6 Å². The Bertz CT molecular complexity index is 1380. The maximum atomic E-state index is 13.5. The molecule has 1 amide bonds. The van der Waals surface area contributed by atoms with Crippen molar-refractivity contribution >= 4 is 56.8 Å². The molecule has 3 rings (SSSR count). The van der Waals surface area contributed by atoms with E-state index in [1.165, 1.54) is 35.5 Å². The molecule has 0 radical (unpaired) electrons. The average molecular weight is 608 g/mol. The number of nitrogens with one attached hydrogen (secondary N) is 1. The van der Waals surface area contributed by atoms with Crippen molar-refractivity contribution in [3.8, 4) is 11.5 Å². The number of carbonyl (C=O) groups is 1. The third-order valence-electron chi connectivity index (χ3n) is 5.51. The van der Waals surface area contributed by atoms with Gasteiger partial charge in [0.05, 0.1) is 4.90 Å². The summed E-state index contributed by atoms with van der Waals surface area (Å²) in [5, 5.41) is 2.61. The topological polar surface area (TPSA) is 162 Å². The summed E-state index contributed by atoms with van der Waals surface area (Å²) < 4.78 is 46.6. The van der Waals surface area contributed by atoms with Crippen molar-refractivity contribution in [2.24, 2.45) is 20.5 Å². The van der Waals surface area contributed by atoms with Crippen molar-refractivity contribution < 1.29 is 22.7 Å². The van der Waals surface area contributed by atoms with Gasteiger partial charge in [-0.05, 0) is 72.8 Å². The number of hydrogen-bond donors (Lipinski definition) is 3. The highest BCUT2D eigenvalue weighted by molar-refractivity contribution is 7.89. The van der Waals surface area contributed by atoms with Gasteiger partial charge in [0.1, 0.15) is 36.4 Å². The summed E-state index contributed by atoms with van der Waals surface area (Å²) in [7, 11) is -3.93. The number of carbonyl (C=O) groups excluding carboxylic acids is 1. The summed E-state index contributed by atoms with van der Waals surface area (Å²) in [5.74, 6) is 1.10. The minimum atomic E-state index is -3.93. The SMILES string of the molecule is CC(=O)Nc1ccc(S(=O)(=O)N(CCOc2ccc(/C(N)=N/Cl)cc2)CCOc2ccc(/C(N)=N\Cl)cc2)cc1. The van der Waals surface area contributed by atoms with Gasteiger partial charge < -0.3 is 26.3 Å². The molecule has 14 heteroatoms. The van der Waals surface area contributed by atoms with Gasteiger partial charge in [-0.2, -0.15) is 13.3 Å². The van der Waals surface area contributed by atoms with Gasteiger partial charge in [-0.3, -0.25) is 4.79 Å². The van der Waals surface area contributed by atoms with E-state index in [9.17, 15) is 13.2 Å². The molecular formula is C26H28Cl2N6O5S. The van der Waals surface area contributed by atoms with Gasteiger partial charge in [-0.25, -0.2) is 8.42 Å². The fourth-order valence-corrected chi connectivity index (χ4v) is 5.09. The van der Waals surface area contributed by atoms with Crippen LogP contribution in [-0.4, -0.2) is 56.6 Å². The Kier molecular flexibility index (Phi) is 11.1. The summed E-state index contributed by atoms with van der Waals surface area (Å²) in [4.78, 5) is 11.4. The Morgan fingerprint density at radius 2 is 1.23 bits per heavy atom. The average Bonchev–Trinajstić information content (AvgIpc) is 2.96. The number of amidine groups is 2. The minimum Gasteiger partial charge on any atom is -0.492 e. The number of halogens is 2. The predicted octanol–water partition coefficient (Wildman–Crippen LogP) is 3.51. The van der Waals surface area contributed by atoms with Crippen molar-refractivity contribution in [2.45, 2.75) is 11.8 Å². The molecule has 0 aliphatic heterocycles. The highest BCUT2D eigenvalue weighted by Gasteiger charge is 2.24. The first-order valence-corrected chi connectivity index (χ1v) is 14.0. The molecular weight excluding hydrogens is 579 g/mol. The molecule has 0 unspecified atom stereocenters. The van der Waals surface area contributed by atoms with Gasteiger partial charge in [0.25, 0.3) is 0 Å². The number of hydrogen-bond acceptors (Lipinski definition) is 7. The second-order valence-corrected chi connectivity index (χ2v) is 10.6. The third kappa shape index (κ3) is 8.58. The van der Waals surface area contributed by atoms with E-state index >= 15 is 0 Å². The molecule has 0 aromatic heterocycles. The number of nitrogens with zero attached hydrogens (tertiary/aromatic N) is 3. The number of rotatable bonds is 13. The molecule has 5 N–H and O–H groups in total. The van der Waals surface area contributed by atoms with Crippen LogP contribution in [0.1, 0.15) is 18.1 Å².